The number of methoxy groups -OCH3 is 1. The summed E-state index contributed by atoms with van der Waals surface area (Å²) in [5.41, 5.74) is 1.00. The van der Waals surface area contributed by atoms with Gasteiger partial charge in [-0.1, -0.05) is 36.7 Å². The Morgan fingerprint density at radius 1 is 1.46 bits per heavy atom. The Morgan fingerprint density at radius 2 is 2.12 bits per heavy atom. The molecule has 1 aromatic carbocycles. The molecule has 0 amide bonds. The standard InChI is InChI=1S/C17H21ClO3.C2H6O/c1-3-5-12-6-4-7-14(18)17(12)11(2)16-8-15(20)13(9-19)10-21-16;1-3-2/h4-7,9,13,15-16,20H,3,8,10H2,1-2H3;1-2H3/b12-5-,17-11-;. The molecule has 24 heavy (non-hydrogen) atoms. The Bertz CT molecular complexity index is 641. The zero-order valence-corrected chi connectivity index (χ0v) is 15.5. The molecule has 0 bridgehead atoms. The Morgan fingerprint density at radius 3 is 2.67 bits per heavy atom. The molecule has 1 N–H and O–H groups in total. The quantitative estimate of drug-likeness (QED) is 0.843. The molecule has 3 unspecified atom stereocenters. The minimum absolute atomic E-state index is 0.208. The maximum Gasteiger partial charge on any atom is 0.127 e. The third-order valence-electron chi connectivity index (χ3n) is 3.96. The maximum absolute atomic E-state index is 10.8. The van der Waals surface area contributed by atoms with Crippen LogP contribution in [0.15, 0.2) is 18.2 Å². The predicted octanol–water partition coefficient (Wildman–Crippen LogP) is 1.93. The van der Waals surface area contributed by atoms with Gasteiger partial charge in [-0.2, -0.15) is 0 Å². The number of benzene rings is 1. The molecule has 0 saturated carbocycles. The molecule has 1 heterocycles. The fourth-order valence-electron chi connectivity index (χ4n) is 2.74. The van der Waals surface area contributed by atoms with Crippen molar-refractivity contribution >= 4 is 29.5 Å². The molecule has 2 rings (SSSR count). The SMILES string of the molecule is CC/C=c1/cccc(Cl)/c1=C(/C)C1CC(O)C(C=O)CO1.COC. The van der Waals surface area contributed by atoms with Gasteiger partial charge in [-0.3, -0.25) is 0 Å². The molecule has 0 spiro atoms. The number of hydrogen-bond acceptors (Lipinski definition) is 4. The van der Waals surface area contributed by atoms with Gasteiger partial charge in [-0.15, -0.1) is 0 Å². The second-order valence-electron chi connectivity index (χ2n) is 5.83. The molecule has 0 aromatic heterocycles. The number of carbonyl (C=O) groups excluding carboxylic acids is 1. The molecule has 1 aliphatic heterocycles. The molecule has 1 aliphatic rings. The molecule has 1 fully saturated rings. The lowest BCUT2D eigenvalue weighted by Gasteiger charge is -2.31. The molecule has 5 heteroatoms. The van der Waals surface area contributed by atoms with Gasteiger partial charge < -0.3 is 19.4 Å². The number of aldehydes is 1. The summed E-state index contributed by atoms with van der Waals surface area (Å²) < 4.78 is 10.0. The highest BCUT2D eigenvalue weighted by molar-refractivity contribution is 6.30. The molecule has 0 aliphatic carbocycles. The van der Waals surface area contributed by atoms with E-state index < -0.39 is 12.0 Å². The number of rotatable bonds is 3. The van der Waals surface area contributed by atoms with Crippen LogP contribution in [0.25, 0.3) is 11.6 Å². The largest absolute Gasteiger partial charge is 0.392 e. The lowest BCUT2D eigenvalue weighted by Crippen LogP contribution is -2.41. The van der Waals surface area contributed by atoms with Gasteiger partial charge in [0.1, 0.15) is 6.29 Å². The van der Waals surface area contributed by atoms with E-state index in [9.17, 15) is 9.90 Å². The van der Waals surface area contributed by atoms with Crippen LogP contribution in [0.3, 0.4) is 0 Å². The van der Waals surface area contributed by atoms with Crippen molar-refractivity contribution in [3.8, 4) is 0 Å². The zero-order chi connectivity index (χ0) is 18.1. The van der Waals surface area contributed by atoms with E-state index in [0.29, 0.717) is 11.4 Å². The second kappa shape index (κ2) is 10.6. The first-order valence-electron chi connectivity index (χ1n) is 8.10. The van der Waals surface area contributed by atoms with Gasteiger partial charge in [0, 0.05) is 30.9 Å². The minimum atomic E-state index is -0.655. The lowest BCUT2D eigenvalue weighted by atomic mass is 9.92. The minimum Gasteiger partial charge on any atom is -0.392 e. The van der Waals surface area contributed by atoms with E-state index in [2.05, 4.69) is 17.7 Å². The first-order chi connectivity index (χ1) is 11.5. The summed E-state index contributed by atoms with van der Waals surface area (Å²) in [6, 6.07) is 5.82. The molecular weight excluding hydrogens is 328 g/mol. The highest BCUT2D eigenvalue weighted by Crippen LogP contribution is 2.23. The smallest absolute Gasteiger partial charge is 0.127 e. The Kier molecular flexibility index (Phi) is 9.22. The van der Waals surface area contributed by atoms with Crippen LogP contribution < -0.4 is 10.4 Å². The van der Waals surface area contributed by atoms with Gasteiger partial charge in [-0.25, -0.2) is 0 Å². The van der Waals surface area contributed by atoms with Gasteiger partial charge in [0.25, 0.3) is 0 Å². The molecular formula is C19H27ClO4. The van der Waals surface area contributed by atoms with Gasteiger partial charge in [-0.05, 0) is 30.2 Å². The van der Waals surface area contributed by atoms with E-state index in [1.165, 1.54) is 0 Å². The van der Waals surface area contributed by atoms with Crippen LogP contribution in [0.2, 0.25) is 5.02 Å². The zero-order valence-electron chi connectivity index (χ0n) is 14.8. The molecule has 1 saturated heterocycles. The summed E-state index contributed by atoms with van der Waals surface area (Å²) in [5, 5.41) is 12.8. The first-order valence-corrected chi connectivity index (χ1v) is 8.48. The van der Waals surface area contributed by atoms with Crippen LogP contribution in [0.1, 0.15) is 26.7 Å². The monoisotopic (exact) mass is 354 g/mol. The average Bonchev–Trinajstić information content (AvgIpc) is 2.55. The fraction of sp³-hybridized carbons (Fsp3) is 0.526. The number of aliphatic hydroxyl groups is 1. The van der Waals surface area contributed by atoms with E-state index in [1.807, 2.05) is 25.1 Å². The van der Waals surface area contributed by atoms with Gasteiger partial charge >= 0.3 is 0 Å². The van der Waals surface area contributed by atoms with Crippen molar-refractivity contribution in [2.45, 2.75) is 38.9 Å². The normalized spacial score (nSPS) is 25.6. The van der Waals surface area contributed by atoms with Crippen LogP contribution in [0.5, 0.6) is 0 Å². The Labute approximate surface area is 148 Å². The van der Waals surface area contributed by atoms with Crippen molar-refractivity contribution in [1.29, 1.82) is 0 Å². The van der Waals surface area contributed by atoms with Crippen molar-refractivity contribution in [2.75, 3.05) is 20.8 Å². The third kappa shape index (κ3) is 5.42. The van der Waals surface area contributed by atoms with Crippen molar-refractivity contribution in [3.05, 3.63) is 33.7 Å². The van der Waals surface area contributed by atoms with E-state index in [-0.39, 0.29) is 12.7 Å². The number of aliphatic hydroxyl groups excluding tert-OH is 1. The topological polar surface area (TPSA) is 55.8 Å². The summed E-state index contributed by atoms with van der Waals surface area (Å²) in [7, 11) is 3.25. The second-order valence-corrected chi connectivity index (χ2v) is 6.24. The fourth-order valence-corrected chi connectivity index (χ4v) is 3.07. The van der Waals surface area contributed by atoms with Crippen LogP contribution in [-0.4, -0.2) is 44.4 Å². The number of ether oxygens (including phenoxy) is 2. The van der Waals surface area contributed by atoms with E-state index in [0.717, 1.165) is 28.7 Å². The molecule has 0 radical (unpaired) electrons. The van der Waals surface area contributed by atoms with E-state index >= 15 is 0 Å². The number of halogens is 1. The number of carbonyl (C=O) groups is 1. The van der Waals surface area contributed by atoms with Crippen LogP contribution >= 0.6 is 11.6 Å². The summed E-state index contributed by atoms with van der Waals surface area (Å²) in [5.74, 6) is -0.429. The average molecular weight is 355 g/mol. The van der Waals surface area contributed by atoms with E-state index in [1.54, 1.807) is 14.2 Å². The Balaban J connectivity index is 0.000000891. The molecule has 1 aromatic rings. The maximum atomic E-state index is 10.8. The summed E-state index contributed by atoms with van der Waals surface area (Å²) >= 11 is 6.36. The van der Waals surface area contributed by atoms with Crippen molar-refractivity contribution in [3.63, 3.8) is 0 Å². The van der Waals surface area contributed by atoms with Gasteiger partial charge in [0.2, 0.25) is 0 Å². The van der Waals surface area contributed by atoms with Gasteiger partial charge in [0.05, 0.1) is 24.7 Å². The summed E-state index contributed by atoms with van der Waals surface area (Å²) in [6.07, 6.45) is 3.37. The highest BCUT2D eigenvalue weighted by atomic mass is 35.5. The summed E-state index contributed by atoms with van der Waals surface area (Å²) in [6.45, 7) is 4.31. The lowest BCUT2D eigenvalue weighted by molar-refractivity contribution is -0.124. The van der Waals surface area contributed by atoms with Crippen molar-refractivity contribution in [2.24, 2.45) is 5.92 Å². The Hall–Kier alpha value is -1.20. The summed E-state index contributed by atoms with van der Waals surface area (Å²) in [4.78, 5) is 10.8. The number of hydrogen-bond donors (Lipinski definition) is 1. The van der Waals surface area contributed by atoms with E-state index in [4.69, 9.17) is 16.3 Å². The first kappa shape index (κ1) is 20.8. The highest BCUT2D eigenvalue weighted by Gasteiger charge is 2.30. The third-order valence-corrected chi connectivity index (χ3v) is 4.28. The molecule has 3 atom stereocenters. The molecule has 4 nitrogen and oxygen atoms in total. The predicted molar refractivity (Wildman–Crippen MR) is 97.4 cm³/mol. The van der Waals surface area contributed by atoms with Crippen molar-refractivity contribution in [1.82, 2.24) is 0 Å². The van der Waals surface area contributed by atoms with Crippen LogP contribution in [0, 0.1) is 5.92 Å². The van der Waals surface area contributed by atoms with Crippen LogP contribution in [0.4, 0.5) is 0 Å². The van der Waals surface area contributed by atoms with Crippen LogP contribution in [-0.2, 0) is 14.3 Å². The van der Waals surface area contributed by atoms with Gasteiger partial charge in [0.15, 0.2) is 0 Å². The molecule has 134 valence electrons. The van der Waals surface area contributed by atoms with Crippen molar-refractivity contribution < 1.29 is 19.4 Å².